The highest BCUT2D eigenvalue weighted by molar-refractivity contribution is 6.31. The number of alkyl halides is 3. The van der Waals surface area contributed by atoms with Gasteiger partial charge in [-0.15, -0.1) is 0 Å². The summed E-state index contributed by atoms with van der Waals surface area (Å²) in [6, 6.07) is 12.5. The molecule has 0 saturated carbocycles. The molecule has 1 aromatic heterocycles. The van der Waals surface area contributed by atoms with Crippen LogP contribution in [0.3, 0.4) is 0 Å². The molecule has 1 N–H and O–H groups in total. The predicted molar refractivity (Wildman–Crippen MR) is 102 cm³/mol. The minimum atomic E-state index is -4.56. The molecule has 0 bridgehead atoms. The summed E-state index contributed by atoms with van der Waals surface area (Å²) in [6.07, 6.45) is 1.38. The molecule has 1 heterocycles. The van der Waals surface area contributed by atoms with E-state index in [1.54, 1.807) is 35.3 Å². The third kappa shape index (κ3) is 5.01. The van der Waals surface area contributed by atoms with Crippen LogP contribution in [0.5, 0.6) is 0 Å². The van der Waals surface area contributed by atoms with Crippen molar-refractivity contribution in [3.63, 3.8) is 0 Å². The topological polar surface area (TPSA) is 46.9 Å². The van der Waals surface area contributed by atoms with Crippen molar-refractivity contribution in [2.24, 2.45) is 0 Å². The summed E-state index contributed by atoms with van der Waals surface area (Å²) in [5, 5.41) is 6.48. The lowest BCUT2D eigenvalue weighted by atomic mass is 10.1. The first-order chi connectivity index (χ1) is 13.3. The van der Waals surface area contributed by atoms with Gasteiger partial charge in [-0.25, -0.2) is 0 Å². The van der Waals surface area contributed by atoms with Gasteiger partial charge in [-0.2, -0.15) is 18.3 Å². The molecule has 0 fully saturated rings. The number of nitrogens with one attached hydrogen (secondary N) is 1. The number of rotatable bonds is 5. The van der Waals surface area contributed by atoms with Crippen molar-refractivity contribution >= 4 is 29.3 Å². The van der Waals surface area contributed by atoms with Crippen LogP contribution in [0.2, 0.25) is 5.02 Å². The molecule has 0 spiro atoms. The van der Waals surface area contributed by atoms with Gasteiger partial charge in [0.2, 0.25) is 5.91 Å². The van der Waals surface area contributed by atoms with Crippen LogP contribution in [-0.2, 0) is 17.5 Å². The molecular formula is C20H15ClF3N3O. The van der Waals surface area contributed by atoms with Crippen LogP contribution in [-0.4, -0.2) is 15.7 Å². The lowest BCUT2D eigenvalue weighted by Crippen LogP contribution is -2.11. The van der Waals surface area contributed by atoms with Gasteiger partial charge in [-0.05, 0) is 41.5 Å². The summed E-state index contributed by atoms with van der Waals surface area (Å²) < 4.78 is 40.5. The van der Waals surface area contributed by atoms with E-state index in [4.69, 9.17) is 11.6 Å². The average Bonchev–Trinajstić information content (AvgIpc) is 3.15. The van der Waals surface area contributed by atoms with E-state index in [0.29, 0.717) is 12.2 Å². The van der Waals surface area contributed by atoms with Gasteiger partial charge in [0, 0.05) is 24.2 Å². The summed E-state index contributed by atoms with van der Waals surface area (Å²) in [7, 11) is 0. The summed E-state index contributed by atoms with van der Waals surface area (Å²) >= 11 is 5.60. The van der Waals surface area contributed by atoms with Gasteiger partial charge in [0.05, 0.1) is 17.1 Å². The van der Waals surface area contributed by atoms with Crippen LogP contribution >= 0.6 is 11.6 Å². The Balaban J connectivity index is 1.73. The van der Waals surface area contributed by atoms with Crippen molar-refractivity contribution in [2.75, 3.05) is 5.32 Å². The fourth-order valence-electron chi connectivity index (χ4n) is 2.56. The summed E-state index contributed by atoms with van der Waals surface area (Å²) in [6.45, 7) is 0.472. The Hall–Kier alpha value is -3.06. The molecule has 28 heavy (non-hydrogen) atoms. The van der Waals surface area contributed by atoms with E-state index in [1.165, 1.54) is 18.2 Å². The van der Waals surface area contributed by atoms with Crippen molar-refractivity contribution in [3.8, 4) is 0 Å². The Morgan fingerprint density at radius 1 is 1.18 bits per heavy atom. The second-order valence-corrected chi connectivity index (χ2v) is 6.33. The Morgan fingerprint density at radius 2 is 1.96 bits per heavy atom. The molecule has 0 saturated heterocycles. The minimum Gasteiger partial charge on any atom is -0.322 e. The van der Waals surface area contributed by atoms with Crippen molar-refractivity contribution in [2.45, 2.75) is 12.7 Å². The summed E-state index contributed by atoms with van der Waals surface area (Å²) in [4.78, 5) is 12.2. The van der Waals surface area contributed by atoms with E-state index in [9.17, 15) is 18.0 Å². The van der Waals surface area contributed by atoms with Gasteiger partial charge in [-0.3, -0.25) is 9.48 Å². The third-order valence-electron chi connectivity index (χ3n) is 3.89. The first-order valence-electron chi connectivity index (χ1n) is 8.24. The van der Waals surface area contributed by atoms with Gasteiger partial charge in [-0.1, -0.05) is 35.9 Å². The molecule has 1 amide bonds. The van der Waals surface area contributed by atoms with E-state index in [1.807, 2.05) is 12.1 Å². The lowest BCUT2D eigenvalue weighted by Gasteiger charge is -2.10. The highest BCUT2D eigenvalue weighted by Crippen LogP contribution is 2.35. The zero-order chi connectivity index (χ0) is 20.1. The second-order valence-electron chi connectivity index (χ2n) is 5.92. The second kappa shape index (κ2) is 8.31. The van der Waals surface area contributed by atoms with Crippen LogP contribution in [0, 0.1) is 0 Å². The third-order valence-corrected chi connectivity index (χ3v) is 4.22. The number of anilines is 1. The molecule has 0 radical (unpaired) electrons. The van der Waals surface area contributed by atoms with E-state index in [2.05, 4.69) is 10.4 Å². The molecule has 3 rings (SSSR count). The number of carbonyl (C=O) groups is 1. The largest absolute Gasteiger partial charge is 0.417 e. The molecule has 4 nitrogen and oxygen atoms in total. The molecule has 0 atom stereocenters. The lowest BCUT2D eigenvalue weighted by molar-refractivity contribution is -0.137. The van der Waals surface area contributed by atoms with Crippen LogP contribution in [0.4, 0.5) is 18.9 Å². The number of aromatic nitrogens is 2. The predicted octanol–water partition coefficient (Wildman–Crippen LogP) is 5.26. The highest BCUT2D eigenvalue weighted by Gasteiger charge is 2.33. The van der Waals surface area contributed by atoms with Crippen LogP contribution < -0.4 is 5.32 Å². The van der Waals surface area contributed by atoms with Gasteiger partial charge in [0.25, 0.3) is 0 Å². The number of halogens is 4. The number of benzene rings is 2. The number of para-hydroxylation sites is 1. The number of hydrogen-bond donors (Lipinski definition) is 1. The number of carbonyl (C=O) groups excluding carboxylic acids is 1. The summed E-state index contributed by atoms with van der Waals surface area (Å²) in [5.74, 6) is -0.462. The molecule has 144 valence electrons. The normalized spacial score (nSPS) is 11.7. The Bertz CT molecular complexity index is 998. The van der Waals surface area contributed by atoms with E-state index >= 15 is 0 Å². The maximum Gasteiger partial charge on any atom is 0.417 e. The van der Waals surface area contributed by atoms with Crippen molar-refractivity contribution in [1.29, 1.82) is 0 Å². The molecular weight excluding hydrogens is 391 g/mol. The van der Waals surface area contributed by atoms with Gasteiger partial charge in [0.1, 0.15) is 0 Å². The van der Waals surface area contributed by atoms with Gasteiger partial charge >= 0.3 is 6.18 Å². The Kier molecular flexibility index (Phi) is 5.84. The zero-order valence-corrected chi connectivity index (χ0v) is 15.2. The molecule has 0 aliphatic heterocycles. The fourth-order valence-corrected chi connectivity index (χ4v) is 2.78. The number of amides is 1. The maximum atomic E-state index is 12.9. The van der Waals surface area contributed by atoms with Crippen molar-refractivity contribution in [1.82, 2.24) is 9.78 Å². The van der Waals surface area contributed by atoms with Crippen molar-refractivity contribution in [3.05, 3.63) is 88.7 Å². The minimum absolute atomic E-state index is 0.219. The van der Waals surface area contributed by atoms with Crippen LogP contribution in [0.25, 0.3) is 6.08 Å². The van der Waals surface area contributed by atoms with Crippen LogP contribution in [0.15, 0.2) is 67.0 Å². The molecule has 0 unspecified atom stereocenters. The monoisotopic (exact) mass is 405 g/mol. The van der Waals surface area contributed by atoms with Crippen molar-refractivity contribution < 1.29 is 18.0 Å². The number of nitrogens with zero attached hydrogens (tertiary/aromatic N) is 2. The zero-order valence-electron chi connectivity index (χ0n) is 14.4. The van der Waals surface area contributed by atoms with Gasteiger partial charge in [0.15, 0.2) is 0 Å². The maximum absolute atomic E-state index is 12.9. The fraction of sp³-hybridized carbons (Fsp3) is 0.100. The standard InChI is InChI=1S/C20H15ClF3N3O/c21-17-8-6-14(12-16(17)20(22,23)24)7-9-19(28)26-18-5-2-1-4-15(18)13-27-11-3-10-25-27/h1-12H,13H2,(H,26,28)/b9-7+. The average molecular weight is 406 g/mol. The molecule has 3 aromatic rings. The Morgan fingerprint density at radius 3 is 2.68 bits per heavy atom. The van der Waals surface area contributed by atoms with E-state index in [0.717, 1.165) is 17.7 Å². The first-order valence-corrected chi connectivity index (χ1v) is 8.62. The van der Waals surface area contributed by atoms with E-state index < -0.39 is 17.6 Å². The quantitative estimate of drug-likeness (QED) is 0.589. The SMILES string of the molecule is O=C(/C=C/c1ccc(Cl)c(C(F)(F)F)c1)Nc1ccccc1Cn1cccn1. The van der Waals surface area contributed by atoms with E-state index in [-0.39, 0.29) is 10.6 Å². The van der Waals surface area contributed by atoms with Crippen LogP contribution in [0.1, 0.15) is 16.7 Å². The number of hydrogen-bond acceptors (Lipinski definition) is 2. The highest BCUT2D eigenvalue weighted by atomic mass is 35.5. The molecule has 0 aliphatic carbocycles. The Labute approximate surface area is 164 Å². The molecule has 8 heteroatoms. The summed E-state index contributed by atoms with van der Waals surface area (Å²) in [5.41, 5.74) is 0.719. The van der Waals surface area contributed by atoms with Gasteiger partial charge < -0.3 is 5.32 Å². The molecule has 0 aliphatic rings. The smallest absolute Gasteiger partial charge is 0.322 e. The first kappa shape index (κ1) is 19.7. The molecule has 2 aromatic carbocycles.